The van der Waals surface area contributed by atoms with Crippen molar-refractivity contribution < 1.29 is 0 Å². The van der Waals surface area contributed by atoms with Gasteiger partial charge in [-0.2, -0.15) is 0 Å². The molecule has 0 amide bonds. The van der Waals surface area contributed by atoms with Crippen molar-refractivity contribution in [2.24, 2.45) is 5.92 Å². The van der Waals surface area contributed by atoms with Gasteiger partial charge in [0.05, 0.1) is 6.54 Å². The van der Waals surface area contributed by atoms with Gasteiger partial charge in [-0.1, -0.05) is 19.9 Å². The maximum Gasteiger partial charge on any atom is 0.253 e. The van der Waals surface area contributed by atoms with Crippen molar-refractivity contribution in [1.29, 1.82) is 0 Å². The minimum Gasteiger partial charge on any atom is -0.362 e. The SMILES string of the molecule is Cc1cc2cc(CN(Cc3cccnc3)C(=S)NCC(C)C)c(=O)[nH]c2cc1C. The Bertz CT molecular complexity index is 1060. The number of H-pyrrole nitrogens is 1. The van der Waals surface area contributed by atoms with Crippen molar-refractivity contribution in [3.05, 3.63) is 75.3 Å². The highest BCUT2D eigenvalue weighted by atomic mass is 32.1. The summed E-state index contributed by atoms with van der Waals surface area (Å²) in [6.07, 6.45) is 3.58. The van der Waals surface area contributed by atoms with Crippen LogP contribution in [0.25, 0.3) is 10.9 Å². The zero-order valence-corrected chi connectivity index (χ0v) is 18.3. The maximum atomic E-state index is 12.7. The molecule has 6 heteroatoms. The molecule has 152 valence electrons. The molecule has 3 rings (SSSR count). The fraction of sp³-hybridized carbons (Fsp3) is 0.348. The Morgan fingerprint density at radius 3 is 2.66 bits per heavy atom. The molecule has 1 aromatic carbocycles. The Hall–Kier alpha value is -2.73. The van der Waals surface area contributed by atoms with E-state index in [1.54, 1.807) is 6.20 Å². The third-order valence-electron chi connectivity index (χ3n) is 4.94. The van der Waals surface area contributed by atoms with Crippen molar-refractivity contribution in [2.45, 2.75) is 40.8 Å². The number of nitrogens with zero attached hydrogens (tertiary/aromatic N) is 2. The lowest BCUT2D eigenvalue weighted by atomic mass is 10.0. The Balaban J connectivity index is 1.91. The summed E-state index contributed by atoms with van der Waals surface area (Å²) in [5.41, 5.74) is 4.89. The number of aromatic amines is 1. The van der Waals surface area contributed by atoms with Crippen molar-refractivity contribution in [1.82, 2.24) is 20.2 Å². The lowest BCUT2D eigenvalue weighted by molar-refractivity contribution is 0.393. The van der Waals surface area contributed by atoms with E-state index in [0.29, 0.717) is 29.7 Å². The molecule has 0 aliphatic rings. The van der Waals surface area contributed by atoms with Crippen LogP contribution in [-0.2, 0) is 13.1 Å². The maximum absolute atomic E-state index is 12.7. The second-order valence-electron chi connectivity index (χ2n) is 7.94. The van der Waals surface area contributed by atoms with Crippen molar-refractivity contribution in [3.8, 4) is 0 Å². The van der Waals surface area contributed by atoms with Gasteiger partial charge in [-0.25, -0.2) is 0 Å². The summed E-state index contributed by atoms with van der Waals surface area (Å²) >= 11 is 5.65. The van der Waals surface area contributed by atoms with Gasteiger partial charge in [-0.3, -0.25) is 9.78 Å². The first-order chi connectivity index (χ1) is 13.8. The predicted octanol–water partition coefficient (Wildman–Crippen LogP) is 4.07. The van der Waals surface area contributed by atoms with Crippen molar-refractivity contribution >= 4 is 28.2 Å². The van der Waals surface area contributed by atoms with Crippen LogP contribution < -0.4 is 10.9 Å². The molecule has 2 N–H and O–H groups in total. The first-order valence-electron chi connectivity index (χ1n) is 9.88. The minimum absolute atomic E-state index is 0.0800. The Morgan fingerprint density at radius 1 is 1.21 bits per heavy atom. The summed E-state index contributed by atoms with van der Waals surface area (Å²) in [5, 5.41) is 4.99. The number of thiocarbonyl (C=S) groups is 1. The molecule has 3 aromatic rings. The second kappa shape index (κ2) is 9.18. The first-order valence-corrected chi connectivity index (χ1v) is 10.3. The molecule has 2 heterocycles. The Kier molecular flexibility index (Phi) is 6.64. The first kappa shape index (κ1) is 21.0. The average molecular weight is 409 g/mol. The monoisotopic (exact) mass is 408 g/mol. The van der Waals surface area contributed by atoms with Gasteiger partial charge < -0.3 is 15.2 Å². The highest BCUT2D eigenvalue weighted by Crippen LogP contribution is 2.18. The van der Waals surface area contributed by atoms with E-state index in [0.717, 1.165) is 28.6 Å². The Labute approximate surface area is 177 Å². The summed E-state index contributed by atoms with van der Waals surface area (Å²) < 4.78 is 0. The van der Waals surface area contributed by atoms with Gasteiger partial charge in [0.15, 0.2) is 5.11 Å². The van der Waals surface area contributed by atoms with Gasteiger partial charge in [0.1, 0.15) is 0 Å². The van der Waals surface area contributed by atoms with Crippen LogP contribution in [0.15, 0.2) is 47.5 Å². The molecule has 0 atom stereocenters. The number of aromatic nitrogens is 2. The molecule has 29 heavy (non-hydrogen) atoms. The largest absolute Gasteiger partial charge is 0.362 e. The van der Waals surface area contributed by atoms with Crippen LogP contribution in [0.5, 0.6) is 0 Å². The molecular formula is C23H28N4OS. The van der Waals surface area contributed by atoms with Crippen molar-refractivity contribution in [2.75, 3.05) is 6.54 Å². The quantitative estimate of drug-likeness (QED) is 0.602. The fourth-order valence-electron chi connectivity index (χ4n) is 3.16. The molecule has 0 radical (unpaired) electrons. The van der Waals surface area contributed by atoms with Crippen LogP contribution in [0.1, 0.15) is 36.1 Å². The van der Waals surface area contributed by atoms with Gasteiger partial charge in [0.25, 0.3) is 5.56 Å². The summed E-state index contributed by atoms with van der Waals surface area (Å²) in [5.74, 6) is 0.475. The molecular weight excluding hydrogens is 380 g/mol. The summed E-state index contributed by atoms with van der Waals surface area (Å²) in [4.78, 5) is 22.0. The van der Waals surface area contributed by atoms with E-state index < -0.39 is 0 Å². The smallest absolute Gasteiger partial charge is 0.253 e. The molecule has 0 unspecified atom stereocenters. The molecule has 0 aliphatic carbocycles. The van der Waals surface area contributed by atoms with E-state index in [9.17, 15) is 4.79 Å². The van der Waals surface area contributed by atoms with Crippen LogP contribution in [-0.4, -0.2) is 26.5 Å². The van der Waals surface area contributed by atoms with E-state index in [1.165, 1.54) is 5.56 Å². The van der Waals surface area contributed by atoms with E-state index in [1.807, 2.05) is 35.4 Å². The summed E-state index contributed by atoms with van der Waals surface area (Å²) in [6, 6.07) is 10.0. The number of pyridine rings is 2. The molecule has 0 saturated carbocycles. The third-order valence-corrected chi connectivity index (χ3v) is 5.34. The zero-order valence-electron chi connectivity index (χ0n) is 17.5. The second-order valence-corrected chi connectivity index (χ2v) is 8.33. The number of fused-ring (bicyclic) bond motifs is 1. The van der Waals surface area contributed by atoms with Crippen LogP contribution in [0, 0.1) is 19.8 Å². The van der Waals surface area contributed by atoms with Gasteiger partial charge >= 0.3 is 0 Å². The topological polar surface area (TPSA) is 61.0 Å². The summed E-state index contributed by atoms with van der Waals surface area (Å²) in [7, 11) is 0. The lowest BCUT2D eigenvalue weighted by Gasteiger charge is -2.26. The lowest BCUT2D eigenvalue weighted by Crippen LogP contribution is -2.41. The number of hydrogen-bond acceptors (Lipinski definition) is 3. The number of aryl methyl sites for hydroxylation is 2. The molecule has 0 spiro atoms. The highest BCUT2D eigenvalue weighted by Gasteiger charge is 2.15. The molecule has 0 fully saturated rings. The van der Waals surface area contributed by atoms with E-state index in [2.05, 4.69) is 49.0 Å². The van der Waals surface area contributed by atoms with E-state index in [-0.39, 0.29) is 5.56 Å². The number of rotatable bonds is 6. The van der Waals surface area contributed by atoms with Crippen molar-refractivity contribution in [3.63, 3.8) is 0 Å². The summed E-state index contributed by atoms with van der Waals surface area (Å²) in [6.45, 7) is 10.2. The van der Waals surface area contributed by atoms with Crippen LogP contribution in [0.3, 0.4) is 0 Å². The standard InChI is InChI=1S/C23H28N4OS/c1-15(2)11-25-23(29)27(13-18-6-5-7-24-12-18)14-20-10-19-8-16(3)17(4)9-21(19)26-22(20)28/h5-10,12,15H,11,13-14H2,1-4H3,(H,25,29)(H,26,28). The van der Waals surface area contributed by atoms with Gasteiger partial charge in [0, 0.05) is 36.6 Å². The third kappa shape index (κ3) is 5.41. The average Bonchev–Trinajstić information content (AvgIpc) is 2.68. The zero-order chi connectivity index (χ0) is 21.0. The number of nitrogens with one attached hydrogen (secondary N) is 2. The molecule has 0 aliphatic heterocycles. The number of benzene rings is 1. The molecule has 0 saturated heterocycles. The van der Waals surface area contributed by atoms with E-state index in [4.69, 9.17) is 12.2 Å². The van der Waals surface area contributed by atoms with Gasteiger partial charge in [0.2, 0.25) is 0 Å². The normalized spacial score (nSPS) is 11.1. The Morgan fingerprint density at radius 2 is 1.97 bits per heavy atom. The predicted molar refractivity (Wildman–Crippen MR) is 123 cm³/mol. The molecule has 2 aromatic heterocycles. The van der Waals surface area contributed by atoms with Crippen LogP contribution in [0.2, 0.25) is 0 Å². The van der Waals surface area contributed by atoms with Gasteiger partial charge in [-0.05, 0) is 78.3 Å². The number of hydrogen-bond donors (Lipinski definition) is 2. The minimum atomic E-state index is -0.0800. The molecule has 0 bridgehead atoms. The fourth-order valence-corrected chi connectivity index (χ4v) is 3.37. The molecule has 5 nitrogen and oxygen atoms in total. The highest BCUT2D eigenvalue weighted by molar-refractivity contribution is 7.80. The van der Waals surface area contributed by atoms with Crippen LogP contribution in [0.4, 0.5) is 0 Å². The van der Waals surface area contributed by atoms with E-state index >= 15 is 0 Å². The van der Waals surface area contributed by atoms with Crippen LogP contribution >= 0.6 is 12.2 Å². The van der Waals surface area contributed by atoms with Gasteiger partial charge in [-0.15, -0.1) is 0 Å².